The average Bonchev–Trinajstić information content (AvgIpc) is 2.68. The van der Waals surface area contributed by atoms with Crippen molar-refractivity contribution in [3.05, 3.63) is 35.5 Å². The summed E-state index contributed by atoms with van der Waals surface area (Å²) in [7, 11) is 1.88. The summed E-state index contributed by atoms with van der Waals surface area (Å²) >= 11 is 0. The molecule has 1 aromatic heterocycles. The molecule has 0 atom stereocenters. The summed E-state index contributed by atoms with van der Waals surface area (Å²) in [5, 5.41) is 1.10. The van der Waals surface area contributed by atoms with Gasteiger partial charge in [0, 0.05) is 42.7 Å². The van der Waals surface area contributed by atoms with Crippen LogP contribution in [0.25, 0.3) is 10.9 Å². The molecule has 0 N–H and O–H groups in total. The van der Waals surface area contributed by atoms with E-state index in [1.807, 2.05) is 24.1 Å². The second-order valence-corrected chi connectivity index (χ2v) is 5.28. The van der Waals surface area contributed by atoms with Gasteiger partial charge in [0.1, 0.15) is 0 Å². The molecule has 0 spiro atoms. The van der Waals surface area contributed by atoms with Gasteiger partial charge in [0.2, 0.25) is 0 Å². The number of carbonyl (C=O) groups is 1. The smallest absolute Gasteiger partial charge is 0.256 e. The number of likely N-dealkylation sites (N-methyl/N-ethyl adjacent to an activating group) is 1. The molecule has 94 valence electrons. The first-order valence-corrected chi connectivity index (χ1v) is 6.48. The maximum Gasteiger partial charge on any atom is 0.256 e. The zero-order chi connectivity index (χ0) is 12.9. The monoisotopic (exact) mass is 242 g/mol. The number of aromatic nitrogens is 1. The number of hydrogen-bond donors (Lipinski definition) is 0. The number of rotatable bonds is 1. The molecule has 2 heterocycles. The molecule has 18 heavy (non-hydrogen) atoms. The first-order chi connectivity index (χ1) is 8.61. The third-order valence-corrected chi connectivity index (χ3v) is 3.77. The molecule has 3 rings (SSSR count). The van der Waals surface area contributed by atoms with Gasteiger partial charge in [-0.15, -0.1) is 0 Å². The minimum Gasteiger partial charge on any atom is -0.341 e. The zero-order valence-electron chi connectivity index (χ0n) is 11.1. The van der Waals surface area contributed by atoms with Crippen LogP contribution >= 0.6 is 0 Å². The van der Waals surface area contributed by atoms with Gasteiger partial charge in [0.25, 0.3) is 5.91 Å². The topological polar surface area (TPSA) is 25.2 Å². The van der Waals surface area contributed by atoms with Crippen LogP contribution in [0.15, 0.2) is 24.3 Å². The Kier molecular flexibility index (Phi) is 2.44. The van der Waals surface area contributed by atoms with E-state index < -0.39 is 0 Å². The Hall–Kier alpha value is -1.77. The van der Waals surface area contributed by atoms with Gasteiger partial charge in [-0.05, 0) is 19.9 Å². The van der Waals surface area contributed by atoms with Gasteiger partial charge in [0.15, 0.2) is 0 Å². The van der Waals surface area contributed by atoms with Gasteiger partial charge in [-0.3, -0.25) is 4.79 Å². The fraction of sp³-hybridized carbons (Fsp3) is 0.400. The molecule has 0 unspecified atom stereocenters. The van der Waals surface area contributed by atoms with Crippen molar-refractivity contribution in [1.82, 2.24) is 9.47 Å². The standard InChI is InChI=1S/C15H18N2O/c1-10(2)17-12-7-5-4-6-11(12)14-13(17)8-9-16(3)15(14)18/h4-7,10H,8-9H2,1-3H3. The summed E-state index contributed by atoms with van der Waals surface area (Å²) in [6.45, 7) is 5.17. The number of carbonyl (C=O) groups excluding carboxylic acids is 1. The minimum atomic E-state index is 0.159. The first-order valence-electron chi connectivity index (χ1n) is 6.48. The lowest BCUT2D eigenvalue weighted by molar-refractivity contribution is 0.0781. The molecule has 0 saturated carbocycles. The minimum absolute atomic E-state index is 0.159. The van der Waals surface area contributed by atoms with Crippen molar-refractivity contribution in [3.8, 4) is 0 Å². The van der Waals surface area contributed by atoms with Crippen LogP contribution in [0.1, 0.15) is 35.9 Å². The quantitative estimate of drug-likeness (QED) is 0.755. The lowest BCUT2D eigenvalue weighted by Gasteiger charge is -2.25. The summed E-state index contributed by atoms with van der Waals surface area (Å²) in [6, 6.07) is 8.61. The van der Waals surface area contributed by atoms with Crippen LogP contribution in [-0.2, 0) is 6.42 Å². The summed E-state index contributed by atoms with van der Waals surface area (Å²) in [5.74, 6) is 0.159. The summed E-state index contributed by atoms with van der Waals surface area (Å²) in [4.78, 5) is 14.2. The molecule has 0 radical (unpaired) electrons. The maximum absolute atomic E-state index is 12.4. The summed E-state index contributed by atoms with van der Waals surface area (Å²) < 4.78 is 2.32. The van der Waals surface area contributed by atoms with Crippen LogP contribution in [0, 0.1) is 0 Å². The number of para-hydroxylation sites is 1. The fourth-order valence-corrected chi connectivity index (χ4v) is 2.96. The lowest BCUT2D eigenvalue weighted by Crippen LogP contribution is -2.34. The van der Waals surface area contributed by atoms with E-state index >= 15 is 0 Å². The van der Waals surface area contributed by atoms with Gasteiger partial charge in [-0.25, -0.2) is 0 Å². The lowest BCUT2D eigenvalue weighted by atomic mass is 10.0. The van der Waals surface area contributed by atoms with E-state index in [4.69, 9.17) is 0 Å². The van der Waals surface area contributed by atoms with Crippen LogP contribution < -0.4 is 0 Å². The largest absolute Gasteiger partial charge is 0.341 e. The Labute approximate surface area is 107 Å². The molecule has 1 aliphatic rings. The molecule has 3 heteroatoms. The first kappa shape index (κ1) is 11.3. The highest BCUT2D eigenvalue weighted by Crippen LogP contribution is 2.32. The van der Waals surface area contributed by atoms with Crippen LogP contribution in [0.5, 0.6) is 0 Å². The van der Waals surface area contributed by atoms with E-state index in [2.05, 4.69) is 30.5 Å². The molecular formula is C15H18N2O. The third-order valence-electron chi connectivity index (χ3n) is 3.77. The van der Waals surface area contributed by atoms with Gasteiger partial charge >= 0.3 is 0 Å². The third kappa shape index (κ3) is 1.40. The highest BCUT2D eigenvalue weighted by atomic mass is 16.2. The summed E-state index contributed by atoms with van der Waals surface area (Å²) in [6.07, 6.45) is 0.949. The van der Waals surface area contributed by atoms with Crippen molar-refractivity contribution in [3.63, 3.8) is 0 Å². The van der Waals surface area contributed by atoms with Crippen LogP contribution in [0.3, 0.4) is 0 Å². The fourth-order valence-electron chi connectivity index (χ4n) is 2.96. The van der Waals surface area contributed by atoms with Crippen molar-refractivity contribution < 1.29 is 4.79 Å². The van der Waals surface area contributed by atoms with E-state index in [-0.39, 0.29) is 5.91 Å². The van der Waals surface area contributed by atoms with Crippen LogP contribution in [-0.4, -0.2) is 29.0 Å². The van der Waals surface area contributed by atoms with Crippen molar-refractivity contribution >= 4 is 16.8 Å². The molecule has 1 amide bonds. The molecule has 1 aromatic carbocycles. The molecule has 3 nitrogen and oxygen atoms in total. The molecule has 0 fully saturated rings. The van der Waals surface area contributed by atoms with Crippen molar-refractivity contribution in [2.24, 2.45) is 0 Å². The maximum atomic E-state index is 12.4. The Morgan fingerprint density at radius 2 is 1.94 bits per heavy atom. The second-order valence-electron chi connectivity index (χ2n) is 5.28. The molecule has 0 saturated heterocycles. The van der Waals surface area contributed by atoms with Gasteiger partial charge < -0.3 is 9.47 Å². The van der Waals surface area contributed by atoms with E-state index in [1.165, 1.54) is 11.2 Å². The molecule has 0 aliphatic carbocycles. The Morgan fingerprint density at radius 1 is 1.22 bits per heavy atom. The SMILES string of the molecule is CC(C)n1c2c(c3ccccc31)C(=O)N(C)CC2. The van der Waals surface area contributed by atoms with E-state index in [0.29, 0.717) is 6.04 Å². The van der Waals surface area contributed by atoms with Gasteiger partial charge in [-0.2, -0.15) is 0 Å². The normalized spacial score (nSPS) is 15.6. The van der Waals surface area contributed by atoms with E-state index in [1.54, 1.807) is 0 Å². The van der Waals surface area contributed by atoms with Crippen molar-refractivity contribution in [2.45, 2.75) is 26.3 Å². The molecule has 1 aliphatic heterocycles. The molecule has 0 bridgehead atoms. The van der Waals surface area contributed by atoms with E-state index in [0.717, 1.165) is 23.9 Å². The highest BCUT2D eigenvalue weighted by Gasteiger charge is 2.29. The van der Waals surface area contributed by atoms with Crippen LogP contribution in [0.2, 0.25) is 0 Å². The van der Waals surface area contributed by atoms with E-state index in [9.17, 15) is 4.79 Å². The Balaban J connectivity index is 2.40. The number of nitrogens with zero attached hydrogens (tertiary/aromatic N) is 2. The number of hydrogen-bond acceptors (Lipinski definition) is 1. The van der Waals surface area contributed by atoms with Gasteiger partial charge in [0.05, 0.1) is 5.56 Å². The highest BCUT2D eigenvalue weighted by molar-refractivity contribution is 6.09. The predicted octanol–water partition coefficient (Wildman–Crippen LogP) is 2.85. The van der Waals surface area contributed by atoms with Crippen molar-refractivity contribution in [1.29, 1.82) is 0 Å². The predicted molar refractivity (Wildman–Crippen MR) is 73.0 cm³/mol. The zero-order valence-corrected chi connectivity index (χ0v) is 11.1. The number of fused-ring (bicyclic) bond motifs is 3. The second kappa shape index (κ2) is 3.87. The summed E-state index contributed by atoms with van der Waals surface area (Å²) in [5.41, 5.74) is 3.29. The molecule has 2 aromatic rings. The average molecular weight is 242 g/mol. The van der Waals surface area contributed by atoms with Gasteiger partial charge in [-0.1, -0.05) is 18.2 Å². The molecular weight excluding hydrogens is 224 g/mol. The number of benzene rings is 1. The Bertz CT molecular complexity index is 625. The van der Waals surface area contributed by atoms with Crippen molar-refractivity contribution in [2.75, 3.05) is 13.6 Å². The number of amides is 1. The Morgan fingerprint density at radius 3 is 2.67 bits per heavy atom. The van der Waals surface area contributed by atoms with Crippen LogP contribution in [0.4, 0.5) is 0 Å².